The van der Waals surface area contributed by atoms with Crippen LogP contribution in [0.2, 0.25) is 0 Å². The van der Waals surface area contributed by atoms with Gasteiger partial charge in [-0.25, -0.2) is 0 Å². The summed E-state index contributed by atoms with van der Waals surface area (Å²) < 4.78 is 0. The van der Waals surface area contributed by atoms with Crippen molar-refractivity contribution >= 4 is 0 Å². The standard InChI is InChI=1S/C15H28N2/c1-4-5-11-17(14-8-9-14)12-7-6-10-15(2,3)13-16/h14H,4-12H2,1-3H3. The van der Waals surface area contributed by atoms with Crippen LogP contribution in [0.25, 0.3) is 0 Å². The smallest absolute Gasteiger partial charge is 0.0683 e. The molecule has 0 aliphatic heterocycles. The summed E-state index contributed by atoms with van der Waals surface area (Å²) in [7, 11) is 0. The fourth-order valence-electron chi connectivity index (χ4n) is 2.22. The van der Waals surface area contributed by atoms with Crippen LogP contribution < -0.4 is 0 Å². The van der Waals surface area contributed by atoms with Gasteiger partial charge in [0, 0.05) is 6.04 Å². The van der Waals surface area contributed by atoms with Gasteiger partial charge >= 0.3 is 0 Å². The second-order valence-electron chi connectivity index (χ2n) is 6.07. The molecule has 98 valence electrons. The van der Waals surface area contributed by atoms with E-state index < -0.39 is 0 Å². The molecule has 0 N–H and O–H groups in total. The zero-order valence-corrected chi connectivity index (χ0v) is 11.8. The first kappa shape index (κ1) is 14.5. The normalized spacial score (nSPS) is 16.2. The highest BCUT2D eigenvalue weighted by molar-refractivity contribution is 4.91. The summed E-state index contributed by atoms with van der Waals surface area (Å²) in [6.45, 7) is 8.88. The molecule has 1 aliphatic rings. The van der Waals surface area contributed by atoms with Crippen LogP contribution in [0, 0.1) is 16.7 Å². The molecule has 1 saturated carbocycles. The number of nitriles is 1. The Balaban J connectivity index is 2.12. The number of hydrogen-bond acceptors (Lipinski definition) is 2. The summed E-state index contributed by atoms with van der Waals surface area (Å²) in [6, 6.07) is 3.28. The van der Waals surface area contributed by atoms with Crippen molar-refractivity contribution in [2.75, 3.05) is 13.1 Å². The minimum atomic E-state index is -0.131. The minimum Gasteiger partial charge on any atom is -0.300 e. The fraction of sp³-hybridized carbons (Fsp3) is 0.933. The summed E-state index contributed by atoms with van der Waals surface area (Å²) in [5, 5.41) is 8.96. The summed E-state index contributed by atoms with van der Waals surface area (Å²) in [4.78, 5) is 2.67. The quantitative estimate of drug-likeness (QED) is 0.566. The van der Waals surface area contributed by atoms with Crippen molar-refractivity contribution in [1.82, 2.24) is 4.90 Å². The molecule has 0 heterocycles. The molecule has 0 saturated heterocycles. The number of rotatable bonds is 9. The summed E-state index contributed by atoms with van der Waals surface area (Å²) in [5.41, 5.74) is -0.131. The minimum absolute atomic E-state index is 0.131. The van der Waals surface area contributed by atoms with Gasteiger partial charge in [-0.1, -0.05) is 19.8 Å². The Bertz CT molecular complexity index is 248. The van der Waals surface area contributed by atoms with Gasteiger partial charge in [0.15, 0.2) is 0 Å². The molecule has 2 nitrogen and oxygen atoms in total. The Hall–Kier alpha value is -0.550. The van der Waals surface area contributed by atoms with Gasteiger partial charge in [-0.2, -0.15) is 5.26 Å². The van der Waals surface area contributed by atoms with Crippen molar-refractivity contribution in [3.05, 3.63) is 0 Å². The monoisotopic (exact) mass is 236 g/mol. The Morgan fingerprint density at radius 3 is 2.35 bits per heavy atom. The van der Waals surface area contributed by atoms with Gasteiger partial charge in [-0.15, -0.1) is 0 Å². The lowest BCUT2D eigenvalue weighted by Crippen LogP contribution is -2.28. The maximum atomic E-state index is 8.96. The first-order chi connectivity index (χ1) is 8.09. The van der Waals surface area contributed by atoms with E-state index in [1.165, 1.54) is 51.6 Å². The van der Waals surface area contributed by atoms with Crippen LogP contribution in [-0.4, -0.2) is 24.0 Å². The lowest BCUT2D eigenvalue weighted by atomic mass is 9.89. The molecule has 0 unspecified atom stereocenters. The van der Waals surface area contributed by atoms with E-state index >= 15 is 0 Å². The summed E-state index contributed by atoms with van der Waals surface area (Å²) >= 11 is 0. The van der Waals surface area contributed by atoms with Crippen LogP contribution in [0.5, 0.6) is 0 Å². The molecular weight excluding hydrogens is 208 g/mol. The fourth-order valence-corrected chi connectivity index (χ4v) is 2.22. The third-order valence-corrected chi connectivity index (χ3v) is 3.66. The number of unbranched alkanes of at least 4 members (excludes halogenated alkanes) is 2. The van der Waals surface area contributed by atoms with Gasteiger partial charge in [0.05, 0.1) is 11.5 Å². The highest BCUT2D eigenvalue weighted by Gasteiger charge is 2.27. The van der Waals surface area contributed by atoms with Crippen LogP contribution in [-0.2, 0) is 0 Å². The van der Waals surface area contributed by atoms with Gasteiger partial charge in [-0.05, 0) is 59.0 Å². The maximum Gasteiger partial charge on any atom is 0.0683 e. The van der Waals surface area contributed by atoms with Gasteiger partial charge < -0.3 is 4.90 Å². The van der Waals surface area contributed by atoms with E-state index in [0.29, 0.717) is 0 Å². The molecular formula is C15H28N2. The highest BCUT2D eigenvalue weighted by atomic mass is 15.2. The predicted molar refractivity (Wildman–Crippen MR) is 72.7 cm³/mol. The average Bonchev–Trinajstić information content (AvgIpc) is 3.12. The lowest BCUT2D eigenvalue weighted by Gasteiger charge is -2.22. The number of nitrogens with zero attached hydrogens (tertiary/aromatic N) is 2. The van der Waals surface area contributed by atoms with Gasteiger partial charge in [0.2, 0.25) is 0 Å². The molecule has 0 atom stereocenters. The molecule has 0 amide bonds. The third-order valence-electron chi connectivity index (χ3n) is 3.66. The zero-order chi connectivity index (χ0) is 12.7. The average molecular weight is 236 g/mol. The van der Waals surface area contributed by atoms with Crippen LogP contribution in [0.3, 0.4) is 0 Å². The van der Waals surface area contributed by atoms with Crippen LogP contribution in [0.15, 0.2) is 0 Å². The second-order valence-corrected chi connectivity index (χ2v) is 6.07. The second kappa shape index (κ2) is 7.01. The molecule has 0 spiro atoms. The molecule has 17 heavy (non-hydrogen) atoms. The van der Waals surface area contributed by atoms with E-state index in [0.717, 1.165) is 12.5 Å². The van der Waals surface area contributed by atoms with Gasteiger partial charge in [-0.3, -0.25) is 0 Å². The number of hydrogen-bond donors (Lipinski definition) is 0. The predicted octanol–water partition coefficient (Wildman–Crippen LogP) is 3.97. The van der Waals surface area contributed by atoms with Crippen molar-refractivity contribution < 1.29 is 0 Å². The van der Waals surface area contributed by atoms with E-state index in [9.17, 15) is 0 Å². The maximum absolute atomic E-state index is 8.96. The van der Waals surface area contributed by atoms with E-state index in [-0.39, 0.29) is 5.41 Å². The molecule has 0 radical (unpaired) electrons. The largest absolute Gasteiger partial charge is 0.300 e. The molecule has 0 bridgehead atoms. The van der Waals surface area contributed by atoms with Gasteiger partial charge in [0.1, 0.15) is 0 Å². The van der Waals surface area contributed by atoms with Crippen LogP contribution in [0.4, 0.5) is 0 Å². The third kappa shape index (κ3) is 6.07. The zero-order valence-electron chi connectivity index (χ0n) is 11.8. The topological polar surface area (TPSA) is 27.0 Å². The summed E-state index contributed by atoms with van der Waals surface area (Å²) in [6.07, 6.45) is 8.93. The lowest BCUT2D eigenvalue weighted by molar-refractivity contribution is 0.249. The van der Waals surface area contributed by atoms with Crippen molar-refractivity contribution in [3.8, 4) is 6.07 Å². The molecule has 1 fully saturated rings. The Kier molecular flexibility index (Phi) is 5.98. The van der Waals surface area contributed by atoms with E-state index in [1.54, 1.807) is 0 Å². The van der Waals surface area contributed by atoms with Crippen LogP contribution >= 0.6 is 0 Å². The Morgan fingerprint density at radius 2 is 1.82 bits per heavy atom. The molecule has 1 rings (SSSR count). The van der Waals surface area contributed by atoms with Crippen molar-refractivity contribution in [3.63, 3.8) is 0 Å². The van der Waals surface area contributed by atoms with Crippen LogP contribution in [0.1, 0.15) is 65.7 Å². The van der Waals surface area contributed by atoms with Crippen molar-refractivity contribution in [2.45, 2.75) is 71.8 Å². The van der Waals surface area contributed by atoms with E-state index in [1.807, 2.05) is 13.8 Å². The molecule has 0 aromatic rings. The van der Waals surface area contributed by atoms with Gasteiger partial charge in [0.25, 0.3) is 0 Å². The first-order valence-corrected chi connectivity index (χ1v) is 7.24. The molecule has 0 aromatic heterocycles. The molecule has 1 aliphatic carbocycles. The first-order valence-electron chi connectivity index (χ1n) is 7.24. The Morgan fingerprint density at radius 1 is 1.18 bits per heavy atom. The van der Waals surface area contributed by atoms with Crippen molar-refractivity contribution in [2.24, 2.45) is 5.41 Å². The summed E-state index contributed by atoms with van der Waals surface area (Å²) in [5.74, 6) is 0. The molecule has 0 aromatic carbocycles. The highest BCUT2D eigenvalue weighted by Crippen LogP contribution is 2.28. The van der Waals surface area contributed by atoms with E-state index in [4.69, 9.17) is 5.26 Å². The Labute approximate surface area is 107 Å². The SMILES string of the molecule is CCCCN(CCCCC(C)(C)C#N)C1CC1. The van der Waals surface area contributed by atoms with Crippen molar-refractivity contribution in [1.29, 1.82) is 5.26 Å². The van der Waals surface area contributed by atoms with E-state index in [2.05, 4.69) is 17.9 Å². The molecule has 2 heteroatoms.